The summed E-state index contributed by atoms with van der Waals surface area (Å²) < 4.78 is 5.04. The van der Waals surface area contributed by atoms with Crippen molar-refractivity contribution in [3.05, 3.63) is 21.9 Å². The molecule has 1 atom stereocenters. The molecule has 5 nitrogen and oxygen atoms in total. The molecule has 0 spiro atoms. The molecule has 2 rings (SSSR count). The van der Waals surface area contributed by atoms with E-state index in [0.717, 1.165) is 4.88 Å². The van der Waals surface area contributed by atoms with Crippen LogP contribution in [0, 0.1) is 5.41 Å². The zero-order valence-electron chi connectivity index (χ0n) is 12.3. The van der Waals surface area contributed by atoms with E-state index < -0.39 is 0 Å². The summed E-state index contributed by atoms with van der Waals surface area (Å²) in [5, 5.41) is 10.6. The van der Waals surface area contributed by atoms with Crippen LogP contribution in [0.1, 0.15) is 36.6 Å². The number of carbonyl (C=O) groups excluding carboxylic acids is 1. The third-order valence-corrected chi connectivity index (χ3v) is 4.82. The van der Waals surface area contributed by atoms with Crippen molar-refractivity contribution in [3.63, 3.8) is 0 Å². The second-order valence-electron chi connectivity index (χ2n) is 5.88. The van der Waals surface area contributed by atoms with Crippen molar-refractivity contribution in [1.82, 2.24) is 10.2 Å². The Balaban J connectivity index is 2.26. The Morgan fingerprint density at radius 2 is 2.15 bits per heavy atom. The van der Waals surface area contributed by atoms with Gasteiger partial charge in [-0.1, -0.05) is 20.8 Å². The molecule has 1 aliphatic rings. The minimum atomic E-state index is -0.307. The molecule has 0 aromatic carbocycles. The number of amidine groups is 1. The van der Waals surface area contributed by atoms with Crippen LogP contribution in [-0.2, 0) is 10.2 Å². The lowest BCUT2D eigenvalue weighted by Gasteiger charge is -2.21. The summed E-state index contributed by atoms with van der Waals surface area (Å²) in [6.07, 6.45) is 0. The molecular weight excluding hydrogens is 274 g/mol. The number of methoxy groups -OCH3 is 1. The van der Waals surface area contributed by atoms with Crippen LogP contribution in [0.3, 0.4) is 0 Å². The van der Waals surface area contributed by atoms with Gasteiger partial charge < -0.3 is 9.64 Å². The third kappa shape index (κ3) is 2.86. The number of carbonyl (C=O) groups is 1. The first kappa shape index (κ1) is 15.0. The number of amides is 2. The molecule has 1 fully saturated rings. The molecule has 0 saturated carbocycles. The predicted octanol–water partition coefficient (Wildman–Crippen LogP) is 2.74. The Bertz CT molecular complexity index is 519. The molecule has 1 aromatic heterocycles. The molecule has 20 heavy (non-hydrogen) atoms. The van der Waals surface area contributed by atoms with Gasteiger partial charge in [-0.3, -0.25) is 10.7 Å². The Kier molecular flexibility index (Phi) is 4.15. The first-order chi connectivity index (χ1) is 9.34. The van der Waals surface area contributed by atoms with Crippen LogP contribution in [0.5, 0.6) is 0 Å². The minimum absolute atomic E-state index is 0.0819. The van der Waals surface area contributed by atoms with Crippen molar-refractivity contribution in [2.24, 2.45) is 0 Å². The van der Waals surface area contributed by atoms with Crippen LogP contribution >= 0.6 is 11.3 Å². The van der Waals surface area contributed by atoms with Gasteiger partial charge in [0.2, 0.25) is 0 Å². The van der Waals surface area contributed by atoms with Gasteiger partial charge in [-0.25, -0.2) is 4.79 Å². The molecule has 0 radical (unpaired) electrons. The molecule has 0 bridgehead atoms. The topological polar surface area (TPSA) is 65.4 Å². The number of ether oxygens (including phenoxy) is 1. The van der Waals surface area contributed by atoms with E-state index >= 15 is 0 Å². The molecule has 2 amide bonds. The van der Waals surface area contributed by atoms with Crippen LogP contribution in [-0.4, -0.2) is 37.0 Å². The highest BCUT2D eigenvalue weighted by Gasteiger charge is 2.37. The summed E-state index contributed by atoms with van der Waals surface area (Å²) in [7, 11) is 1.61. The van der Waals surface area contributed by atoms with Gasteiger partial charge in [0, 0.05) is 23.4 Å². The predicted molar refractivity (Wildman–Crippen MR) is 80.6 cm³/mol. The molecule has 110 valence electrons. The minimum Gasteiger partial charge on any atom is -0.383 e. The summed E-state index contributed by atoms with van der Waals surface area (Å²) in [6, 6.07) is 3.58. The molecule has 1 unspecified atom stereocenters. The van der Waals surface area contributed by atoms with Crippen molar-refractivity contribution in [1.29, 1.82) is 5.41 Å². The summed E-state index contributed by atoms with van der Waals surface area (Å²) in [4.78, 5) is 15.8. The summed E-state index contributed by atoms with van der Waals surface area (Å²) >= 11 is 1.66. The van der Waals surface area contributed by atoms with Crippen molar-refractivity contribution < 1.29 is 9.53 Å². The third-order valence-electron chi connectivity index (χ3n) is 3.26. The maximum Gasteiger partial charge on any atom is 0.323 e. The highest BCUT2D eigenvalue weighted by molar-refractivity contribution is 7.12. The van der Waals surface area contributed by atoms with E-state index in [1.165, 1.54) is 4.88 Å². The standard InChI is InChI=1S/C14H21N3O2S/c1-14(2,3)10-6-5-9(20-10)11-12(15)16-13(18)17(11)7-8-19-4/h5-6,11H,7-8H2,1-4H3,(H2,15,16,18). The molecular formula is C14H21N3O2S. The average Bonchev–Trinajstić information content (AvgIpc) is 2.91. The van der Waals surface area contributed by atoms with Crippen LogP contribution in [0.15, 0.2) is 12.1 Å². The number of hydrogen-bond acceptors (Lipinski definition) is 4. The number of nitrogens with one attached hydrogen (secondary N) is 2. The summed E-state index contributed by atoms with van der Waals surface area (Å²) in [5.41, 5.74) is 0.0819. The van der Waals surface area contributed by atoms with Gasteiger partial charge >= 0.3 is 6.03 Å². The average molecular weight is 295 g/mol. The second-order valence-corrected chi connectivity index (χ2v) is 7.00. The SMILES string of the molecule is COCCN1C(=O)NC(=N)C1c1ccc(C(C)(C)C)s1. The smallest absolute Gasteiger partial charge is 0.323 e. The maximum atomic E-state index is 11.9. The van der Waals surface area contributed by atoms with Crippen LogP contribution in [0.2, 0.25) is 0 Å². The number of rotatable bonds is 4. The van der Waals surface area contributed by atoms with Crippen molar-refractivity contribution in [3.8, 4) is 0 Å². The Labute approximate surface area is 123 Å². The highest BCUT2D eigenvalue weighted by atomic mass is 32.1. The molecule has 1 aliphatic heterocycles. The van der Waals surface area contributed by atoms with Gasteiger partial charge in [-0.2, -0.15) is 0 Å². The Hall–Kier alpha value is -1.40. The lowest BCUT2D eigenvalue weighted by molar-refractivity contribution is 0.151. The van der Waals surface area contributed by atoms with E-state index in [9.17, 15) is 4.79 Å². The van der Waals surface area contributed by atoms with Crippen LogP contribution in [0.25, 0.3) is 0 Å². The van der Waals surface area contributed by atoms with Gasteiger partial charge in [-0.05, 0) is 17.5 Å². The zero-order chi connectivity index (χ0) is 14.9. The van der Waals surface area contributed by atoms with Crippen molar-refractivity contribution in [2.45, 2.75) is 32.2 Å². The Morgan fingerprint density at radius 3 is 2.70 bits per heavy atom. The molecule has 2 heterocycles. The van der Waals surface area contributed by atoms with Crippen molar-refractivity contribution in [2.75, 3.05) is 20.3 Å². The van der Waals surface area contributed by atoms with E-state index in [1.807, 2.05) is 6.07 Å². The molecule has 1 aromatic rings. The van der Waals surface area contributed by atoms with E-state index in [1.54, 1.807) is 23.3 Å². The van der Waals surface area contributed by atoms with Crippen molar-refractivity contribution >= 4 is 23.2 Å². The number of thiophene rings is 1. The fourth-order valence-electron chi connectivity index (χ4n) is 2.15. The van der Waals surface area contributed by atoms with E-state index in [4.69, 9.17) is 10.1 Å². The zero-order valence-corrected chi connectivity index (χ0v) is 13.1. The number of hydrogen-bond donors (Lipinski definition) is 2. The maximum absolute atomic E-state index is 11.9. The second kappa shape index (κ2) is 5.54. The lowest BCUT2D eigenvalue weighted by Crippen LogP contribution is -2.32. The Morgan fingerprint density at radius 1 is 1.45 bits per heavy atom. The first-order valence-electron chi connectivity index (χ1n) is 6.60. The molecule has 2 N–H and O–H groups in total. The monoisotopic (exact) mass is 295 g/mol. The van der Waals surface area contributed by atoms with Gasteiger partial charge in [0.25, 0.3) is 0 Å². The number of urea groups is 1. The highest BCUT2D eigenvalue weighted by Crippen LogP contribution is 2.36. The summed E-state index contributed by atoms with van der Waals surface area (Å²) in [5.74, 6) is 0.244. The van der Waals surface area contributed by atoms with Gasteiger partial charge in [0.1, 0.15) is 11.9 Å². The van der Waals surface area contributed by atoms with Gasteiger partial charge in [0.05, 0.1) is 6.61 Å². The molecule has 6 heteroatoms. The molecule has 0 aliphatic carbocycles. The van der Waals surface area contributed by atoms with E-state index in [0.29, 0.717) is 13.2 Å². The van der Waals surface area contributed by atoms with Gasteiger partial charge in [0.15, 0.2) is 0 Å². The fourth-order valence-corrected chi connectivity index (χ4v) is 3.34. The first-order valence-corrected chi connectivity index (χ1v) is 7.41. The quantitative estimate of drug-likeness (QED) is 0.897. The molecule has 1 saturated heterocycles. The summed E-state index contributed by atoms with van der Waals surface area (Å²) in [6.45, 7) is 7.44. The normalized spacial score (nSPS) is 19.6. The van der Waals surface area contributed by atoms with E-state index in [-0.39, 0.29) is 23.3 Å². The number of nitrogens with zero attached hydrogens (tertiary/aromatic N) is 1. The largest absolute Gasteiger partial charge is 0.383 e. The fraction of sp³-hybridized carbons (Fsp3) is 0.571. The van der Waals surface area contributed by atoms with Gasteiger partial charge in [-0.15, -0.1) is 11.3 Å². The lowest BCUT2D eigenvalue weighted by atomic mass is 9.95. The van der Waals surface area contributed by atoms with E-state index in [2.05, 4.69) is 32.2 Å². The van der Waals surface area contributed by atoms with Crippen LogP contribution in [0.4, 0.5) is 4.79 Å². The van der Waals surface area contributed by atoms with Crippen LogP contribution < -0.4 is 5.32 Å².